The standard InChI is InChI=1S/C71H67BN2O2/c1-66(2,3)38-22-24-39(25-23-38)74-55-33-44-43-30-49-52(70(10,11)29-27-67(49,4)5)37-59(43)75-58(44)34-46(55)60-61-41-19-15-17-21-57(41)76-65(61)62-45-31-50-51(69(8,9)28-26-68(50,6)7)36-54(45)73-56-32-42-40-18-14-16-20-47(40)71(12,13)48(42)35-53(56)72(74)63(60)64(62)73/h14-25,30-37H,26-29H2,1-13H3. The zero-order valence-corrected chi connectivity index (χ0v) is 46.7. The maximum Gasteiger partial charge on any atom is 0.333 e. The van der Waals surface area contributed by atoms with Crippen LogP contribution in [-0.4, -0.2) is 11.4 Å². The molecule has 2 aliphatic heterocycles. The van der Waals surface area contributed by atoms with Crippen LogP contribution in [0.3, 0.4) is 0 Å². The molecule has 0 radical (unpaired) electrons. The lowest BCUT2D eigenvalue weighted by Crippen LogP contribution is -2.60. The summed E-state index contributed by atoms with van der Waals surface area (Å²) in [5.41, 5.74) is 27.5. The number of nitrogens with zero attached hydrogens (tertiary/aromatic N) is 2. The van der Waals surface area contributed by atoms with Crippen LogP contribution in [0.15, 0.2) is 130 Å². The van der Waals surface area contributed by atoms with Gasteiger partial charge in [0.25, 0.3) is 0 Å². The fourth-order valence-corrected chi connectivity index (χ4v) is 15.8. The molecule has 11 aromatic rings. The van der Waals surface area contributed by atoms with E-state index in [0.717, 1.165) is 58.8 Å². The number of hydrogen-bond donors (Lipinski definition) is 0. The largest absolute Gasteiger partial charge is 0.456 e. The van der Waals surface area contributed by atoms with E-state index in [1.165, 1.54) is 122 Å². The highest BCUT2D eigenvalue weighted by Gasteiger charge is 2.49. The van der Waals surface area contributed by atoms with Gasteiger partial charge in [0.2, 0.25) is 0 Å². The fraction of sp³-hybridized carbons (Fsp3) is 0.324. The van der Waals surface area contributed by atoms with E-state index < -0.39 is 0 Å². The molecule has 376 valence electrons. The Morgan fingerprint density at radius 3 is 1.78 bits per heavy atom. The second kappa shape index (κ2) is 13.9. The van der Waals surface area contributed by atoms with E-state index >= 15 is 0 Å². The zero-order valence-electron chi connectivity index (χ0n) is 46.7. The molecule has 5 aliphatic rings. The zero-order chi connectivity index (χ0) is 52.3. The Morgan fingerprint density at radius 2 is 1.08 bits per heavy atom. The molecule has 0 spiro atoms. The van der Waals surface area contributed by atoms with E-state index in [4.69, 9.17) is 8.83 Å². The smallest absolute Gasteiger partial charge is 0.333 e. The van der Waals surface area contributed by atoms with Crippen LogP contribution >= 0.6 is 0 Å². The summed E-state index contributed by atoms with van der Waals surface area (Å²) in [5, 5.41) is 7.18. The summed E-state index contributed by atoms with van der Waals surface area (Å²) in [5.74, 6) is 0. The van der Waals surface area contributed by atoms with Crippen LogP contribution in [0, 0.1) is 0 Å². The van der Waals surface area contributed by atoms with Gasteiger partial charge in [-0.25, -0.2) is 0 Å². The third kappa shape index (κ3) is 5.57. The van der Waals surface area contributed by atoms with Gasteiger partial charge in [-0.05, 0) is 180 Å². The Bertz CT molecular complexity index is 4480. The molecule has 8 aromatic carbocycles. The van der Waals surface area contributed by atoms with E-state index in [2.05, 4.69) is 221 Å². The molecule has 0 N–H and O–H groups in total. The number of benzene rings is 8. The Balaban J connectivity index is 1.13. The van der Waals surface area contributed by atoms with Crippen LogP contribution < -0.4 is 15.7 Å². The van der Waals surface area contributed by atoms with E-state index in [1.54, 1.807) is 0 Å². The van der Waals surface area contributed by atoms with Crippen molar-refractivity contribution >= 4 is 94.8 Å². The van der Waals surface area contributed by atoms with Crippen molar-refractivity contribution < 1.29 is 8.83 Å². The van der Waals surface area contributed by atoms with Gasteiger partial charge in [0.1, 0.15) is 22.3 Å². The van der Waals surface area contributed by atoms with Crippen molar-refractivity contribution in [3.63, 3.8) is 0 Å². The van der Waals surface area contributed by atoms with E-state index in [9.17, 15) is 0 Å². The summed E-state index contributed by atoms with van der Waals surface area (Å²) in [6.07, 6.45) is 4.60. The fourth-order valence-electron chi connectivity index (χ4n) is 15.8. The van der Waals surface area contributed by atoms with Crippen LogP contribution in [0.2, 0.25) is 0 Å². The summed E-state index contributed by atoms with van der Waals surface area (Å²) < 4.78 is 17.4. The van der Waals surface area contributed by atoms with Crippen molar-refractivity contribution in [3.8, 4) is 27.9 Å². The first-order valence-electron chi connectivity index (χ1n) is 28.3. The van der Waals surface area contributed by atoms with Crippen molar-refractivity contribution in [2.24, 2.45) is 0 Å². The highest BCUT2D eigenvalue weighted by atomic mass is 16.3. The Labute approximate surface area is 447 Å². The monoisotopic (exact) mass is 991 g/mol. The van der Waals surface area contributed by atoms with Crippen molar-refractivity contribution in [2.45, 2.75) is 148 Å². The molecule has 0 bridgehead atoms. The summed E-state index contributed by atoms with van der Waals surface area (Å²) in [7, 11) is 0. The van der Waals surface area contributed by atoms with Crippen LogP contribution in [0.1, 0.15) is 155 Å². The van der Waals surface area contributed by atoms with E-state index in [-0.39, 0.29) is 39.3 Å². The molecule has 0 atom stereocenters. The minimum absolute atomic E-state index is 0.00376. The Morgan fingerprint density at radius 1 is 0.474 bits per heavy atom. The predicted octanol–water partition coefficient (Wildman–Crippen LogP) is 18.1. The molecule has 0 unspecified atom stereocenters. The average molecular weight is 991 g/mol. The Hall–Kier alpha value is -6.98. The molecular formula is C71H67BN2O2. The van der Waals surface area contributed by atoms with Gasteiger partial charge < -0.3 is 18.2 Å². The highest BCUT2D eigenvalue weighted by molar-refractivity contribution is 6.94. The molecule has 0 fully saturated rings. The minimum atomic E-state index is -0.202. The molecular weight excluding hydrogens is 924 g/mol. The topological polar surface area (TPSA) is 34.5 Å². The number of fused-ring (bicyclic) bond motifs is 21. The Kier molecular flexibility index (Phi) is 8.30. The minimum Gasteiger partial charge on any atom is -0.456 e. The molecule has 76 heavy (non-hydrogen) atoms. The lowest BCUT2D eigenvalue weighted by molar-refractivity contribution is 0.332. The molecule has 3 aromatic heterocycles. The van der Waals surface area contributed by atoms with Gasteiger partial charge in [0.15, 0.2) is 0 Å². The lowest BCUT2D eigenvalue weighted by atomic mass is 9.43. The SMILES string of the molecule is CC(C)(C)c1ccc(N2B3c4cc5c(cc4-n4c6cc7c(cc6c6c8oc9ccccc9c8c(c3c64)-c3cc4oc6cc8c(cc6c4cc32)C(C)(C)CCC8(C)C)C(C)(C)CCC7(C)C)-c2ccccc2C5(C)C)cc1. The summed E-state index contributed by atoms with van der Waals surface area (Å²) in [4.78, 5) is 2.74. The van der Waals surface area contributed by atoms with Crippen molar-refractivity contribution in [1.29, 1.82) is 0 Å². The van der Waals surface area contributed by atoms with E-state index in [0.29, 0.717) is 0 Å². The molecule has 5 heteroatoms. The second-order valence-electron chi connectivity index (χ2n) is 28.2. The van der Waals surface area contributed by atoms with Gasteiger partial charge in [0, 0.05) is 55.0 Å². The number of rotatable bonds is 1. The second-order valence-corrected chi connectivity index (χ2v) is 28.2. The molecule has 4 nitrogen and oxygen atoms in total. The summed E-state index contributed by atoms with van der Waals surface area (Å²) in [6, 6.07) is 47.8. The first-order valence-corrected chi connectivity index (χ1v) is 28.3. The third-order valence-electron chi connectivity index (χ3n) is 20.4. The molecule has 5 heterocycles. The molecule has 0 saturated carbocycles. The van der Waals surface area contributed by atoms with Crippen LogP contribution in [-0.2, 0) is 32.5 Å². The lowest BCUT2D eigenvalue weighted by Gasteiger charge is -2.43. The van der Waals surface area contributed by atoms with Gasteiger partial charge in [0.05, 0.1) is 16.4 Å². The quantitative estimate of drug-likeness (QED) is 0.154. The average Bonchev–Trinajstić information content (AvgIpc) is 4.22. The van der Waals surface area contributed by atoms with Gasteiger partial charge in [-0.2, -0.15) is 0 Å². The third-order valence-corrected chi connectivity index (χ3v) is 20.4. The van der Waals surface area contributed by atoms with Crippen LogP contribution in [0.25, 0.3) is 93.6 Å². The van der Waals surface area contributed by atoms with Crippen molar-refractivity contribution in [3.05, 3.63) is 160 Å². The molecule has 3 aliphatic carbocycles. The number of para-hydroxylation sites is 1. The first kappa shape index (κ1) is 45.2. The van der Waals surface area contributed by atoms with Gasteiger partial charge in [-0.3, -0.25) is 0 Å². The molecule has 16 rings (SSSR count). The molecule has 0 saturated heterocycles. The summed E-state index contributed by atoms with van der Waals surface area (Å²) in [6.45, 7) is 31.2. The number of furan rings is 2. The van der Waals surface area contributed by atoms with Crippen LogP contribution in [0.5, 0.6) is 0 Å². The number of anilines is 2. The maximum atomic E-state index is 7.44. The summed E-state index contributed by atoms with van der Waals surface area (Å²) >= 11 is 0. The van der Waals surface area contributed by atoms with Gasteiger partial charge in [-0.15, -0.1) is 0 Å². The number of hydrogen-bond acceptors (Lipinski definition) is 3. The van der Waals surface area contributed by atoms with Gasteiger partial charge >= 0.3 is 6.85 Å². The first-order chi connectivity index (χ1) is 36.0. The highest BCUT2D eigenvalue weighted by Crippen LogP contribution is 2.57. The maximum absolute atomic E-state index is 7.44. The number of aromatic nitrogens is 1. The normalized spacial score (nSPS) is 18.9. The predicted molar refractivity (Wildman–Crippen MR) is 321 cm³/mol. The van der Waals surface area contributed by atoms with Crippen molar-refractivity contribution in [2.75, 3.05) is 4.81 Å². The van der Waals surface area contributed by atoms with Crippen LogP contribution in [0.4, 0.5) is 11.4 Å². The van der Waals surface area contributed by atoms with E-state index in [1.807, 2.05) is 0 Å². The van der Waals surface area contributed by atoms with Crippen molar-refractivity contribution in [1.82, 2.24) is 4.57 Å². The molecule has 0 amide bonds. The van der Waals surface area contributed by atoms with Gasteiger partial charge in [-0.1, -0.05) is 151 Å².